The minimum atomic E-state index is -0.148. The highest BCUT2D eigenvalue weighted by atomic mass is 79.9. The molecular weight excluding hydrogens is 371 g/mol. The monoisotopic (exact) mass is 388 g/mol. The van der Waals surface area contributed by atoms with Crippen molar-refractivity contribution in [1.82, 2.24) is 9.88 Å². The summed E-state index contributed by atoms with van der Waals surface area (Å²) in [5.41, 5.74) is 2.53. The fourth-order valence-electron chi connectivity index (χ4n) is 3.29. The van der Waals surface area contributed by atoms with E-state index in [2.05, 4.69) is 25.8 Å². The van der Waals surface area contributed by atoms with E-state index in [9.17, 15) is 4.39 Å². The Labute approximate surface area is 148 Å². The molecule has 0 saturated carbocycles. The number of fused-ring (bicyclic) bond motifs is 1. The van der Waals surface area contributed by atoms with Gasteiger partial charge < -0.3 is 4.42 Å². The summed E-state index contributed by atoms with van der Waals surface area (Å²) < 4.78 is 20.7. The van der Waals surface area contributed by atoms with Crippen molar-refractivity contribution >= 4 is 27.0 Å². The van der Waals surface area contributed by atoms with E-state index in [-0.39, 0.29) is 5.82 Å². The summed E-state index contributed by atoms with van der Waals surface area (Å²) in [6, 6.07) is 13.2. The maximum absolute atomic E-state index is 14.0. The van der Waals surface area contributed by atoms with Crippen LogP contribution in [0.25, 0.3) is 11.1 Å². The van der Waals surface area contributed by atoms with E-state index < -0.39 is 0 Å². The zero-order chi connectivity index (χ0) is 16.5. The SMILES string of the molecule is Fc1cc(Br)ccc1CN1CCC(c2nc3ccccc3o2)CC1. The summed E-state index contributed by atoms with van der Waals surface area (Å²) in [6.45, 7) is 2.51. The third kappa shape index (κ3) is 3.23. The maximum atomic E-state index is 14.0. The Morgan fingerprint density at radius 3 is 2.71 bits per heavy atom. The number of halogens is 2. The summed E-state index contributed by atoms with van der Waals surface area (Å²) in [4.78, 5) is 6.92. The van der Waals surface area contributed by atoms with Crippen molar-refractivity contribution in [1.29, 1.82) is 0 Å². The minimum absolute atomic E-state index is 0.148. The van der Waals surface area contributed by atoms with Crippen molar-refractivity contribution in [2.75, 3.05) is 13.1 Å². The number of rotatable bonds is 3. The standard InChI is InChI=1S/C19H18BrFN2O/c20-15-6-5-14(16(21)11-15)12-23-9-7-13(8-10-23)19-22-17-3-1-2-4-18(17)24-19/h1-6,11,13H,7-10,12H2. The average Bonchev–Trinajstić information content (AvgIpc) is 3.02. The predicted molar refractivity (Wildman–Crippen MR) is 95.4 cm³/mol. The largest absolute Gasteiger partial charge is 0.440 e. The summed E-state index contributed by atoms with van der Waals surface area (Å²) in [5, 5.41) is 0. The van der Waals surface area contributed by atoms with E-state index in [1.165, 1.54) is 6.07 Å². The Kier molecular flexibility index (Phi) is 4.37. The van der Waals surface area contributed by atoms with E-state index in [0.717, 1.165) is 53.0 Å². The van der Waals surface area contributed by atoms with Gasteiger partial charge in [0, 0.05) is 22.5 Å². The van der Waals surface area contributed by atoms with Crippen LogP contribution in [0.3, 0.4) is 0 Å². The normalized spacial score (nSPS) is 16.8. The molecule has 0 radical (unpaired) electrons. The van der Waals surface area contributed by atoms with Crippen LogP contribution in [0.4, 0.5) is 4.39 Å². The first-order valence-electron chi connectivity index (χ1n) is 8.21. The number of hydrogen-bond acceptors (Lipinski definition) is 3. The van der Waals surface area contributed by atoms with Crippen molar-refractivity contribution in [3.63, 3.8) is 0 Å². The lowest BCUT2D eigenvalue weighted by molar-refractivity contribution is 0.192. The number of para-hydroxylation sites is 2. The van der Waals surface area contributed by atoms with Crippen LogP contribution in [0.15, 0.2) is 51.4 Å². The van der Waals surface area contributed by atoms with Crippen LogP contribution in [0, 0.1) is 5.82 Å². The maximum Gasteiger partial charge on any atom is 0.198 e. The lowest BCUT2D eigenvalue weighted by Crippen LogP contribution is -2.32. The molecule has 0 aliphatic carbocycles. The highest BCUT2D eigenvalue weighted by Gasteiger charge is 2.25. The van der Waals surface area contributed by atoms with Crippen LogP contribution in [0.2, 0.25) is 0 Å². The molecule has 1 aromatic heterocycles. The Morgan fingerprint density at radius 1 is 1.17 bits per heavy atom. The van der Waals surface area contributed by atoms with Gasteiger partial charge in [0.1, 0.15) is 11.3 Å². The number of nitrogens with zero attached hydrogens (tertiary/aromatic N) is 2. The van der Waals surface area contributed by atoms with Gasteiger partial charge in [-0.25, -0.2) is 9.37 Å². The van der Waals surface area contributed by atoms with Gasteiger partial charge in [0.15, 0.2) is 11.5 Å². The number of oxazole rings is 1. The molecule has 4 rings (SSSR count). The molecule has 0 spiro atoms. The average molecular weight is 389 g/mol. The molecule has 124 valence electrons. The molecule has 0 atom stereocenters. The van der Waals surface area contributed by atoms with Gasteiger partial charge in [-0.1, -0.05) is 34.1 Å². The molecule has 3 aromatic rings. The van der Waals surface area contributed by atoms with Crippen LogP contribution in [-0.4, -0.2) is 23.0 Å². The molecule has 2 heterocycles. The third-order valence-corrected chi connectivity index (χ3v) is 5.15. The Hall–Kier alpha value is -1.72. The number of hydrogen-bond donors (Lipinski definition) is 0. The van der Waals surface area contributed by atoms with E-state index >= 15 is 0 Å². The van der Waals surface area contributed by atoms with Crippen molar-refractivity contribution < 1.29 is 8.81 Å². The molecule has 3 nitrogen and oxygen atoms in total. The lowest BCUT2D eigenvalue weighted by atomic mass is 9.96. The molecule has 0 unspecified atom stereocenters. The zero-order valence-electron chi connectivity index (χ0n) is 13.2. The predicted octanol–water partition coefficient (Wildman–Crippen LogP) is 5.11. The Balaban J connectivity index is 1.41. The van der Waals surface area contributed by atoms with Crippen LogP contribution in [0.1, 0.15) is 30.2 Å². The molecular formula is C19H18BrFN2O. The van der Waals surface area contributed by atoms with Crippen LogP contribution < -0.4 is 0 Å². The molecule has 24 heavy (non-hydrogen) atoms. The Bertz CT molecular complexity index is 822. The molecule has 2 aromatic carbocycles. The summed E-state index contributed by atoms with van der Waals surface area (Å²) in [5.74, 6) is 1.04. The lowest BCUT2D eigenvalue weighted by Gasteiger charge is -2.30. The second-order valence-corrected chi connectivity index (χ2v) is 7.22. The van der Waals surface area contributed by atoms with Gasteiger partial charge in [0.25, 0.3) is 0 Å². The summed E-state index contributed by atoms with van der Waals surface area (Å²) >= 11 is 3.30. The molecule has 1 aliphatic rings. The van der Waals surface area contributed by atoms with Crippen molar-refractivity contribution in [3.05, 3.63) is 64.2 Å². The van der Waals surface area contributed by atoms with Crippen LogP contribution in [-0.2, 0) is 6.54 Å². The van der Waals surface area contributed by atoms with E-state index in [4.69, 9.17) is 4.42 Å². The zero-order valence-corrected chi connectivity index (χ0v) is 14.8. The number of aromatic nitrogens is 1. The van der Waals surface area contributed by atoms with E-state index in [0.29, 0.717) is 12.5 Å². The van der Waals surface area contributed by atoms with Gasteiger partial charge in [0.2, 0.25) is 0 Å². The van der Waals surface area contributed by atoms with Crippen LogP contribution in [0.5, 0.6) is 0 Å². The fourth-order valence-corrected chi connectivity index (χ4v) is 3.63. The molecule has 1 saturated heterocycles. The molecule has 0 bridgehead atoms. The second kappa shape index (κ2) is 6.65. The topological polar surface area (TPSA) is 29.3 Å². The molecule has 1 aliphatic heterocycles. The van der Waals surface area contributed by atoms with Gasteiger partial charge >= 0.3 is 0 Å². The van der Waals surface area contributed by atoms with Crippen LogP contribution >= 0.6 is 15.9 Å². The first-order valence-corrected chi connectivity index (χ1v) is 9.00. The molecule has 1 fully saturated rings. The van der Waals surface area contributed by atoms with Gasteiger partial charge in [-0.3, -0.25) is 4.90 Å². The number of piperidine rings is 1. The van der Waals surface area contributed by atoms with Gasteiger partial charge in [-0.05, 0) is 50.2 Å². The third-order valence-electron chi connectivity index (χ3n) is 4.66. The van der Waals surface area contributed by atoms with E-state index in [1.54, 1.807) is 0 Å². The first-order chi connectivity index (χ1) is 11.7. The molecule has 5 heteroatoms. The highest BCUT2D eigenvalue weighted by molar-refractivity contribution is 9.10. The smallest absolute Gasteiger partial charge is 0.198 e. The minimum Gasteiger partial charge on any atom is -0.440 e. The Morgan fingerprint density at radius 2 is 1.96 bits per heavy atom. The molecule has 0 N–H and O–H groups in total. The van der Waals surface area contributed by atoms with Gasteiger partial charge in [-0.2, -0.15) is 0 Å². The number of likely N-dealkylation sites (tertiary alicyclic amines) is 1. The number of benzene rings is 2. The second-order valence-electron chi connectivity index (χ2n) is 6.31. The highest BCUT2D eigenvalue weighted by Crippen LogP contribution is 2.30. The van der Waals surface area contributed by atoms with E-state index in [1.807, 2.05) is 36.4 Å². The quantitative estimate of drug-likeness (QED) is 0.624. The molecule has 0 amide bonds. The van der Waals surface area contributed by atoms with Crippen molar-refractivity contribution in [2.45, 2.75) is 25.3 Å². The fraction of sp³-hybridized carbons (Fsp3) is 0.316. The first kappa shape index (κ1) is 15.8. The van der Waals surface area contributed by atoms with Gasteiger partial charge in [0.05, 0.1) is 0 Å². The van der Waals surface area contributed by atoms with Gasteiger partial charge in [-0.15, -0.1) is 0 Å². The van der Waals surface area contributed by atoms with Crippen molar-refractivity contribution in [3.8, 4) is 0 Å². The summed E-state index contributed by atoms with van der Waals surface area (Å²) in [6.07, 6.45) is 1.98. The summed E-state index contributed by atoms with van der Waals surface area (Å²) in [7, 11) is 0. The van der Waals surface area contributed by atoms with Crippen molar-refractivity contribution in [2.24, 2.45) is 0 Å².